The number of amides is 2. The van der Waals surface area contributed by atoms with Gasteiger partial charge in [-0.2, -0.15) is 5.10 Å². The van der Waals surface area contributed by atoms with E-state index in [1.165, 1.54) is 27.6 Å². The number of carbonyl (C=O) groups is 2. The molecule has 75 heavy (non-hydrogen) atoms. The summed E-state index contributed by atoms with van der Waals surface area (Å²) < 4.78 is 44.2. The molecular weight excluding hydrogens is 1020 g/mol. The van der Waals surface area contributed by atoms with Gasteiger partial charge < -0.3 is 29.4 Å². The molecule has 2 amide bonds. The van der Waals surface area contributed by atoms with Crippen molar-refractivity contribution in [2.24, 2.45) is 34.6 Å². The van der Waals surface area contributed by atoms with Gasteiger partial charge in [0, 0.05) is 42.6 Å². The van der Waals surface area contributed by atoms with Crippen LogP contribution in [0.15, 0.2) is 115 Å². The molecule has 0 aliphatic heterocycles. The summed E-state index contributed by atoms with van der Waals surface area (Å²) in [7, 11) is -1.21. The standard InChI is InChI=1S/C28H37N5O3.C27H35N5O5S.Cu/c1-9-36-22-15-14-19(27(2,3)4)16-18(22)17-29-25(34)20-12-10-11-13-21(20)30-31-23-24(28(5,6)7)32-33(8)26(23)35;1-9-37-20-15-14-17(26(2,3)4)16-21(20)38(35,36)31-24(33)18-12-10-11-13-19(18)28-29-22-23(27(5,6)7)30-32(8)25(22)34;/h10-16,32H,9,17H2,1-8H3,(H,29,34);10-16H,9H2,1-8H3,(H2,28,30,31,33,34);/q;;+1/p-1. The first-order valence-corrected chi connectivity index (χ1v) is 25.7. The molecule has 6 rings (SSSR count). The van der Waals surface area contributed by atoms with Crippen LogP contribution in [0.3, 0.4) is 0 Å². The molecule has 0 unspecified atom stereocenters. The minimum atomic E-state index is -4.43. The first kappa shape index (κ1) is 60.7. The Bertz CT molecular complexity index is 3240. The van der Waals surface area contributed by atoms with Crippen molar-refractivity contribution in [3.8, 4) is 17.4 Å². The van der Waals surface area contributed by atoms with Gasteiger partial charge in [-0.25, -0.2) is 13.1 Å². The minimum absolute atomic E-state index is 0. The zero-order chi connectivity index (χ0) is 55.1. The van der Waals surface area contributed by atoms with E-state index in [-0.39, 0.29) is 90.5 Å². The fraction of sp³-hybridized carbons (Fsp3) is 0.418. The van der Waals surface area contributed by atoms with E-state index in [0.717, 1.165) is 22.4 Å². The smallest absolute Gasteiger partial charge is 0.537 e. The monoisotopic (exact) mass is 1090 g/mol. The summed E-state index contributed by atoms with van der Waals surface area (Å²) in [6.45, 7) is 28.8. The molecule has 3 N–H and O–H groups in total. The van der Waals surface area contributed by atoms with Crippen molar-refractivity contribution >= 4 is 44.6 Å². The molecule has 0 bridgehead atoms. The number of sulfonamides is 1. The van der Waals surface area contributed by atoms with Crippen LogP contribution in [0.25, 0.3) is 4.72 Å². The third kappa shape index (κ3) is 15.1. The van der Waals surface area contributed by atoms with Crippen molar-refractivity contribution < 1.29 is 49.7 Å². The van der Waals surface area contributed by atoms with E-state index in [4.69, 9.17) is 9.47 Å². The van der Waals surface area contributed by atoms with Gasteiger partial charge in [0.15, 0.2) is 11.4 Å². The molecular formula is C55H71CuN10O8S. The van der Waals surface area contributed by atoms with Gasteiger partial charge >= 0.3 is 17.1 Å². The molecule has 4 aromatic carbocycles. The second-order valence-corrected chi connectivity index (χ2v) is 23.3. The first-order chi connectivity index (χ1) is 34.4. The van der Waals surface area contributed by atoms with Crippen molar-refractivity contribution in [2.45, 2.75) is 130 Å². The number of rotatable bonds is 14. The maximum absolute atomic E-state index is 13.3. The number of benzene rings is 4. The van der Waals surface area contributed by atoms with Crippen molar-refractivity contribution in [1.29, 1.82) is 0 Å². The Hall–Kier alpha value is -6.89. The van der Waals surface area contributed by atoms with E-state index in [1.807, 2.05) is 75.3 Å². The predicted molar refractivity (Wildman–Crippen MR) is 288 cm³/mol. The Balaban J connectivity index is 0.000000321. The molecule has 0 aliphatic carbocycles. The van der Waals surface area contributed by atoms with Gasteiger partial charge in [-0.1, -0.05) is 126 Å². The van der Waals surface area contributed by atoms with E-state index >= 15 is 0 Å². The number of carbonyl (C=O) groups excluding carboxylic acids is 2. The number of nitrogens with one attached hydrogen (secondary N) is 2. The van der Waals surface area contributed by atoms with Crippen LogP contribution in [0.2, 0.25) is 0 Å². The van der Waals surface area contributed by atoms with Crippen LogP contribution in [0.1, 0.15) is 146 Å². The van der Waals surface area contributed by atoms with Crippen molar-refractivity contribution in [1.82, 2.24) is 24.9 Å². The van der Waals surface area contributed by atoms with E-state index in [0.29, 0.717) is 35.8 Å². The summed E-state index contributed by atoms with van der Waals surface area (Å²) in [4.78, 5) is 38.8. The van der Waals surface area contributed by atoms with Crippen LogP contribution in [0.4, 0.5) is 22.7 Å². The number of aromatic amines is 1. The van der Waals surface area contributed by atoms with Gasteiger partial charge in [0.1, 0.15) is 21.5 Å². The van der Waals surface area contributed by atoms with E-state index in [9.17, 15) is 27.9 Å². The number of ether oxygens (including phenoxy) is 2. The Labute approximate surface area is 451 Å². The number of aromatic nitrogens is 4. The molecule has 2 aromatic heterocycles. The van der Waals surface area contributed by atoms with Crippen LogP contribution in [0.5, 0.6) is 17.4 Å². The van der Waals surface area contributed by atoms with Crippen molar-refractivity contribution in [2.75, 3.05) is 13.2 Å². The number of hydrogen-bond donors (Lipinski definition) is 3. The number of aryl methyl sites for hydroxylation is 2. The summed E-state index contributed by atoms with van der Waals surface area (Å²) in [6, 6.07) is 24.0. The van der Waals surface area contributed by atoms with E-state index in [1.54, 1.807) is 69.6 Å². The zero-order valence-corrected chi connectivity index (χ0v) is 47.6. The fourth-order valence-corrected chi connectivity index (χ4v) is 8.44. The van der Waals surface area contributed by atoms with Gasteiger partial charge in [-0.3, -0.25) is 19.4 Å². The van der Waals surface area contributed by atoms with Gasteiger partial charge in [0.25, 0.3) is 11.5 Å². The zero-order valence-electron chi connectivity index (χ0n) is 45.8. The second-order valence-electron chi connectivity index (χ2n) is 21.7. The Morgan fingerprint density at radius 1 is 0.693 bits per heavy atom. The molecule has 0 saturated carbocycles. The molecule has 0 spiro atoms. The molecule has 0 aliphatic rings. The fourth-order valence-electron chi connectivity index (χ4n) is 7.37. The SMILES string of the molecule is CCOc1ccc(C(C)(C)C)cc1CNC(=O)c1ccccc1N=Nc1c(C(C)(C)C)[nH]n(C)c1=O.CCOc1ccc(C(C)(C)C)cc1S(=O)(=O)[N-]C(=O)c1ccccc1N=Nc1c(C(C)(C)C)nn(C)c1O.[Cu+]. The third-order valence-electron chi connectivity index (χ3n) is 11.5. The molecule has 0 radical (unpaired) electrons. The largest absolute Gasteiger partial charge is 1.00 e. The molecule has 406 valence electrons. The van der Waals surface area contributed by atoms with Gasteiger partial charge in [0.2, 0.25) is 5.88 Å². The molecule has 20 heteroatoms. The third-order valence-corrected chi connectivity index (χ3v) is 12.8. The van der Waals surface area contributed by atoms with E-state index in [2.05, 4.69) is 73.6 Å². The summed E-state index contributed by atoms with van der Waals surface area (Å²) in [5, 5.41) is 37.7. The van der Waals surface area contributed by atoms with Crippen molar-refractivity contribution in [3.05, 3.63) is 139 Å². The van der Waals surface area contributed by atoms with Crippen LogP contribution in [-0.4, -0.2) is 58.1 Å². The molecule has 0 atom stereocenters. The van der Waals surface area contributed by atoms with E-state index < -0.39 is 21.3 Å². The molecule has 18 nitrogen and oxygen atoms in total. The second kappa shape index (κ2) is 24.2. The normalized spacial score (nSPS) is 12.3. The number of aromatic hydroxyl groups is 1. The van der Waals surface area contributed by atoms with Gasteiger partial charge in [0.05, 0.1) is 52.3 Å². The summed E-state index contributed by atoms with van der Waals surface area (Å²) in [6.07, 6.45) is 0. The molecule has 0 fully saturated rings. The number of hydrogen-bond acceptors (Lipinski definition) is 13. The maximum Gasteiger partial charge on any atom is 1.00 e. The van der Waals surface area contributed by atoms with Gasteiger partial charge in [-0.15, -0.1) is 20.5 Å². The maximum atomic E-state index is 13.3. The summed E-state index contributed by atoms with van der Waals surface area (Å²) in [5.74, 6) is -0.610. The molecule has 2 heterocycles. The Morgan fingerprint density at radius 2 is 1.20 bits per heavy atom. The molecule has 6 aromatic rings. The van der Waals surface area contributed by atoms with Crippen LogP contribution >= 0.6 is 0 Å². The number of H-pyrrole nitrogens is 1. The number of azo groups is 2. The minimum Gasteiger partial charge on any atom is -0.537 e. The summed E-state index contributed by atoms with van der Waals surface area (Å²) >= 11 is 0. The quantitative estimate of drug-likeness (QED) is 0.0693. The van der Waals surface area contributed by atoms with Crippen LogP contribution < -0.4 is 20.3 Å². The van der Waals surface area contributed by atoms with Crippen LogP contribution in [-0.2, 0) is 69.4 Å². The average Bonchev–Trinajstić information content (AvgIpc) is 3.78. The summed E-state index contributed by atoms with van der Waals surface area (Å²) in [5.41, 5.74) is 3.78. The predicted octanol–water partition coefficient (Wildman–Crippen LogP) is 12.5. The van der Waals surface area contributed by atoms with Crippen molar-refractivity contribution in [3.63, 3.8) is 0 Å². The average molecular weight is 1100 g/mol. The molecule has 0 saturated heterocycles. The number of nitrogens with zero attached hydrogens (tertiary/aromatic N) is 8. The Morgan fingerprint density at radius 3 is 1.75 bits per heavy atom. The Kier molecular flexibility index (Phi) is 19.6. The van der Waals surface area contributed by atoms with Crippen LogP contribution in [0, 0.1) is 0 Å². The van der Waals surface area contributed by atoms with Gasteiger partial charge in [-0.05, 0) is 78.3 Å². The first-order valence-electron chi connectivity index (χ1n) is 24.3. The topological polar surface area (TPSA) is 238 Å².